The van der Waals surface area contributed by atoms with E-state index in [-0.39, 0.29) is 5.97 Å². The van der Waals surface area contributed by atoms with Gasteiger partial charge in [-0.15, -0.1) is 0 Å². The summed E-state index contributed by atoms with van der Waals surface area (Å²) in [7, 11) is 0. The molecule has 0 saturated carbocycles. The van der Waals surface area contributed by atoms with E-state index in [1.54, 1.807) is 0 Å². The lowest BCUT2D eigenvalue weighted by Crippen LogP contribution is -2.28. The Balaban J connectivity index is 1.87. The number of rotatable bonds is 3. The predicted molar refractivity (Wildman–Crippen MR) is 68.1 cm³/mol. The molecular weight excluding hydrogens is 230 g/mol. The van der Waals surface area contributed by atoms with Gasteiger partial charge in [0, 0.05) is 19.5 Å². The Morgan fingerprint density at radius 2 is 2.33 bits per heavy atom. The van der Waals surface area contributed by atoms with E-state index >= 15 is 0 Å². The van der Waals surface area contributed by atoms with E-state index in [4.69, 9.17) is 4.74 Å². The molecule has 0 radical (unpaired) electrons. The third kappa shape index (κ3) is 3.57. The molecule has 1 aliphatic heterocycles. The van der Waals surface area contributed by atoms with Gasteiger partial charge < -0.3 is 10.1 Å². The summed E-state index contributed by atoms with van der Waals surface area (Å²) >= 11 is 0. The highest BCUT2D eigenvalue weighted by Crippen LogP contribution is 2.12. The fourth-order valence-corrected chi connectivity index (χ4v) is 2.00. The molecule has 2 heterocycles. The highest BCUT2D eigenvalue weighted by molar-refractivity contribution is 5.70. The first kappa shape index (κ1) is 13.1. The van der Waals surface area contributed by atoms with Gasteiger partial charge in [-0.3, -0.25) is 9.48 Å². The topological polar surface area (TPSA) is 56.2 Å². The van der Waals surface area contributed by atoms with Crippen molar-refractivity contribution in [1.29, 1.82) is 0 Å². The molecule has 0 aromatic carbocycles. The number of carbonyl (C=O) groups is 1. The Kier molecular flexibility index (Phi) is 3.71. The summed E-state index contributed by atoms with van der Waals surface area (Å²) in [6, 6.07) is 2.07. The molecule has 1 aromatic rings. The maximum absolute atomic E-state index is 11.6. The number of hydrogen-bond acceptors (Lipinski definition) is 4. The normalized spacial score (nSPS) is 15.3. The first-order valence-corrected chi connectivity index (χ1v) is 6.42. The SMILES string of the molecule is CC(C)(C)OC(=O)CCc1cc2n(n1)CCNC2. The summed E-state index contributed by atoms with van der Waals surface area (Å²) in [5.74, 6) is -0.161. The largest absolute Gasteiger partial charge is 0.460 e. The first-order chi connectivity index (χ1) is 8.44. The van der Waals surface area contributed by atoms with Crippen LogP contribution < -0.4 is 5.32 Å². The minimum atomic E-state index is -0.408. The summed E-state index contributed by atoms with van der Waals surface area (Å²) in [5, 5.41) is 7.79. The lowest BCUT2D eigenvalue weighted by molar-refractivity contribution is -0.154. The van der Waals surface area contributed by atoms with Crippen LogP contribution in [0.5, 0.6) is 0 Å². The van der Waals surface area contributed by atoms with Crippen molar-refractivity contribution in [1.82, 2.24) is 15.1 Å². The van der Waals surface area contributed by atoms with E-state index in [2.05, 4.69) is 16.5 Å². The first-order valence-electron chi connectivity index (χ1n) is 6.42. The number of aryl methyl sites for hydroxylation is 1. The lowest BCUT2D eigenvalue weighted by atomic mass is 10.2. The Bertz CT molecular complexity index is 408. The quantitative estimate of drug-likeness (QED) is 0.822. The van der Waals surface area contributed by atoms with Gasteiger partial charge in [-0.25, -0.2) is 0 Å². The highest BCUT2D eigenvalue weighted by Gasteiger charge is 2.17. The molecule has 100 valence electrons. The Hall–Kier alpha value is -1.36. The monoisotopic (exact) mass is 251 g/mol. The van der Waals surface area contributed by atoms with E-state index in [9.17, 15) is 4.79 Å². The second kappa shape index (κ2) is 5.10. The summed E-state index contributed by atoms with van der Waals surface area (Å²) in [5.41, 5.74) is 1.76. The Labute approximate surface area is 108 Å². The molecular formula is C13H21N3O2. The Morgan fingerprint density at radius 3 is 3.00 bits per heavy atom. The molecule has 0 amide bonds. The van der Waals surface area contributed by atoms with Crippen molar-refractivity contribution < 1.29 is 9.53 Å². The Morgan fingerprint density at radius 1 is 1.56 bits per heavy atom. The molecule has 0 bridgehead atoms. The van der Waals surface area contributed by atoms with Crippen molar-refractivity contribution in [2.75, 3.05) is 6.54 Å². The van der Waals surface area contributed by atoms with Crippen molar-refractivity contribution in [3.05, 3.63) is 17.5 Å². The molecule has 0 spiro atoms. The van der Waals surface area contributed by atoms with Gasteiger partial charge in [0.05, 0.1) is 24.4 Å². The molecule has 0 atom stereocenters. The minimum absolute atomic E-state index is 0.161. The number of fused-ring (bicyclic) bond motifs is 1. The number of esters is 1. The highest BCUT2D eigenvalue weighted by atomic mass is 16.6. The minimum Gasteiger partial charge on any atom is -0.460 e. The average Bonchev–Trinajstić information content (AvgIpc) is 2.66. The van der Waals surface area contributed by atoms with Crippen LogP contribution in [0.2, 0.25) is 0 Å². The van der Waals surface area contributed by atoms with Gasteiger partial charge >= 0.3 is 5.97 Å². The second-order valence-electron chi connectivity index (χ2n) is 5.61. The van der Waals surface area contributed by atoms with Crippen molar-refractivity contribution in [3.8, 4) is 0 Å². The fraction of sp³-hybridized carbons (Fsp3) is 0.692. The number of carbonyl (C=O) groups excluding carboxylic acids is 1. The van der Waals surface area contributed by atoms with Crippen LogP contribution in [0.1, 0.15) is 38.6 Å². The van der Waals surface area contributed by atoms with Crippen LogP contribution >= 0.6 is 0 Å². The molecule has 2 rings (SSSR count). The van der Waals surface area contributed by atoms with Gasteiger partial charge in [-0.1, -0.05) is 0 Å². The molecule has 5 heteroatoms. The second-order valence-corrected chi connectivity index (χ2v) is 5.61. The van der Waals surface area contributed by atoms with Crippen LogP contribution in [-0.4, -0.2) is 27.9 Å². The number of nitrogens with one attached hydrogen (secondary N) is 1. The molecule has 0 fully saturated rings. The van der Waals surface area contributed by atoms with Crippen molar-refractivity contribution in [3.63, 3.8) is 0 Å². The molecule has 1 aliphatic rings. The number of aromatic nitrogens is 2. The van der Waals surface area contributed by atoms with Gasteiger partial charge in [-0.05, 0) is 26.8 Å². The van der Waals surface area contributed by atoms with Crippen molar-refractivity contribution >= 4 is 5.97 Å². The van der Waals surface area contributed by atoms with Crippen LogP contribution in [0.15, 0.2) is 6.07 Å². The van der Waals surface area contributed by atoms with Crippen molar-refractivity contribution in [2.24, 2.45) is 0 Å². The molecule has 1 N–H and O–H groups in total. The number of nitrogens with zero attached hydrogens (tertiary/aromatic N) is 2. The predicted octanol–water partition coefficient (Wildman–Crippen LogP) is 1.26. The van der Waals surface area contributed by atoms with E-state index in [1.807, 2.05) is 25.5 Å². The summed E-state index contributed by atoms with van der Waals surface area (Å²) in [4.78, 5) is 11.6. The van der Waals surface area contributed by atoms with Crippen LogP contribution in [0.3, 0.4) is 0 Å². The molecule has 0 unspecified atom stereocenters. The number of hydrogen-bond donors (Lipinski definition) is 1. The van der Waals surface area contributed by atoms with Crippen LogP contribution in [0.4, 0.5) is 0 Å². The lowest BCUT2D eigenvalue weighted by Gasteiger charge is -2.19. The maximum atomic E-state index is 11.6. The van der Waals surface area contributed by atoms with Crippen LogP contribution in [0.25, 0.3) is 0 Å². The van der Waals surface area contributed by atoms with Gasteiger partial charge in [0.25, 0.3) is 0 Å². The summed E-state index contributed by atoms with van der Waals surface area (Å²) in [6.45, 7) is 8.37. The van der Waals surface area contributed by atoms with E-state index in [1.165, 1.54) is 5.69 Å². The van der Waals surface area contributed by atoms with E-state index in [0.29, 0.717) is 12.8 Å². The smallest absolute Gasteiger partial charge is 0.306 e. The van der Waals surface area contributed by atoms with Gasteiger partial charge in [0.1, 0.15) is 5.60 Å². The van der Waals surface area contributed by atoms with E-state index in [0.717, 1.165) is 25.3 Å². The summed E-state index contributed by atoms with van der Waals surface area (Å²) < 4.78 is 7.29. The molecule has 18 heavy (non-hydrogen) atoms. The molecule has 5 nitrogen and oxygen atoms in total. The zero-order valence-corrected chi connectivity index (χ0v) is 11.3. The van der Waals surface area contributed by atoms with Gasteiger partial charge in [-0.2, -0.15) is 5.10 Å². The van der Waals surface area contributed by atoms with Gasteiger partial charge in [0.15, 0.2) is 0 Å². The standard InChI is InChI=1S/C13H21N3O2/c1-13(2,3)18-12(17)5-4-10-8-11-9-14-6-7-16(11)15-10/h8,14H,4-7,9H2,1-3H3. The molecule has 1 aromatic heterocycles. The third-order valence-electron chi connectivity index (χ3n) is 2.73. The average molecular weight is 251 g/mol. The zero-order valence-electron chi connectivity index (χ0n) is 11.3. The molecule has 0 aliphatic carbocycles. The summed E-state index contributed by atoms with van der Waals surface area (Å²) in [6.07, 6.45) is 1.04. The van der Waals surface area contributed by atoms with Crippen LogP contribution in [0, 0.1) is 0 Å². The third-order valence-corrected chi connectivity index (χ3v) is 2.73. The van der Waals surface area contributed by atoms with Crippen molar-refractivity contribution in [2.45, 2.75) is 52.3 Å². The van der Waals surface area contributed by atoms with E-state index < -0.39 is 5.60 Å². The number of ether oxygens (including phenoxy) is 1. The zero-order chi connectivity index (χ0) is 13.2. The fourth-order valence-electron chi connectivity index (χ4n) is 2.00. The molecule has 0 saturated heterocycles. The van der Waals surface area contributed by atoms with Crippen LogP contribution in [-0.2, 0) is 29.0 Å². The maximum Gasteiger partial charge on any atom is 0.306 e. The van der Waals surface area contributed by atoms with Gasteiger partial charge in [0.2, 0.25) is 0 Å².